The minimum Gasteiger partial charge on any atom is -0.390 e. The Morgan fingerprint density at radius 3 is 2.50 bits per heavy atom. The number of hydrogen-bond donors (Lipinski definition) is 1. The molecule has 1 N–H and O–H groups in total. The Balaban J connectivity index is 1.33. The summed E-state index contributed by atoms with van der Waals surface area (Å²) < 4.78 is 6.28. The van der Waals surface area contributed by atoms with Gasteiger partial charge in [-0.05, 0) is 118 Å². The highest BCUT2D eigenvalue weighted by molar-refractivity contribution is 5.26. The molecule has 0 saturated heterocycles. The van der Waals surface area contributed by atoms with Crippen LogP contribution in [0.4, 0.5) is 0 Å². The maximum Gasteiger partial charge on any atom is 0.0638 e. The summed E-state index contributed by atoms with van der Waals surface area (Å²) in [6.07, 6.45) is 15.5. The molecule has 5 saturated carbocycles. The first kappa shape index (κ1) is 21.7. The zero-order valence-electron chi connectivity index (χ0n) is 20.7. The van der Waals surface area contributed by atoms with Crippen molar-refractivity contribution in [3.8, 4) is 0 Å². The maximum atomic E-state index is 10.1. The summed E-state index contributed by atoms with van der Waals surface area (Å²) in [5.41, 5.74) is 1.14. The van der Waals surface area contributed by atoms with Gasteiger partial charge in [0.1, 0.15) is 0 Å². The lowest BCUT2D eigenvalue weighted by molar-refractivity contribution is -0.161. The molecule has 1 spiro atoms. The van der Waals surface area contributed by atoms with Crippen molar-refractivity contribution in [1.82, 2.24) is 0 Å². The van der Waals surface area contributed by atoms with Crippen LogP contribution >= 0.6 is 0 Å². The van der Waals surface area contributed by atoms with Crippen LogP contribution in [0.1, 0.15) is 105 Å². The molecule has 0 aromatic rings. The highest BCUT2D eigenvalue weighted by Gasteiger charge is 2.77. The molecule has 5 aliphatic rings. The Morgan fingerprint density at radius 2 is 1.83 bits per heavy atom. The van der Waals surface area contributed by atoms with Gasteiger partial charge in [0.2, 0.25) is 0 Å². The van der Waals surface area contributed by atoms with Crippen molar-refractivity contribution in [1.29, 1.82) is 0 Å². The van der Waals surface area contributed by atoms with E-state index in [4.69, 9.17) is 4.74 Å². The van der Waals surface area contributed by atoms with Crippen molar-refractivity contribution in [2.24, 2.45) is 51.8 Å². The minimum absolute atomic E-state index is 0.509. The average Bonchev–Trinajstić information content (AvgIpc) is 3.17. The fourth-order valence-electron chi connectivity index (χ4n) is 10.6. The topological polar surface area (TPSA) is 29.5 Å². The predicted octanol–water partition coefficient (Wildman–Crippen LogP) is 6.85. The normalized spacial score (nSPS) is 52.9. The van der Waals surface area contributed by atoms with Gasteiger partial charge in [-0.2, -0.15) is 0 Å². The lowest BCUT2D eigenvalue weighted by atomic mass is 9.45. The molecule has 0 amide bonds. The second kappa shape index (κ2) is 6.96. The van der Waals surface area contributed by atoms with Crippen LogP contribution in [0.3, 0.4) is 0 Å². The summed E-state index contributed by atoms with van der Waals surface area (Å²) in [4.78, 5) is 0. The number of hydrogen-bond acceptors (Lipinski definition) is 2. The van der Waals surface area contributed by atoms with E-state index in [2.05, 4.69) is 20.8 Å². The molecule has 0 aromatic carbocycles. The van der Waals surface area contributed by atoms with E-state index in [1.807, 2.05) is 21.0 Å². The monoisotopic (exact) mass is 416 g/mol. The zero-order valence-corrected chi connectivity index (χ0v) is 20.7. The third-order valence-electron chi connectivity index (χ3n) is 12.0. The van der Waals surface area contributed by atoms with Crippen LogP contribution in [-0.4, -0.2) is 23.9 Å². The molecule has 2 heteroatoms. The molecule has 0 heterocycles. The first-order chi connectivity index (χ1) is 14.1. The van der Waals surface area contributed by atoms with E-state index in [0.717, 1.165) is 41.9 Å². The molecular weight excluding hydrogens is 368 g/mol. The summed E-state index contributed by atoms with van der Waals surface area (Å²) in [7, 11) is 2.01. The second-order valence-electron chi connectivity index (χ2n) is 13.6. The van der Waals surface area contributed by atoms with Gasteiger partial charge in [0, 0.05) is 12.5 Å². The summed E-state index contributed by atoms with van der Waals surface area (Å²) in [5.74, 6) is 5.43. The summed E-state index contributed by atoms with van der Waals surface area (Å²) in [5, 5.41) is 10.1. The van der Waals surface area contributed by atoms with Crippen molar-refractivity contribution in [3.63, 3.8) is 0 Å². The predicted molar refractivity (Wildman–Crippen MR) is 123 cm³/mol. The van der Waals surface area contributed by atoms with Gasteiger partial charge in [0.25, 0.3) is 0 Å². The van der Waals surface area contributed by atoms with Gasteiger partial charge in [-0.1, -0.05) is 33.6 Å². The Morgan fingerprint density at radius 1 is 1.07 bits per heavy atom. The van der Waals surface area contributed by atoms with Crippen molar-refractivity contribution in [3.05, 3.63) is 0 Å². The third kappa shape index (κ3) is 2.87. The Bertz CT molecular complexity index is 666. The van der Waals surface area contributed by atoms with Crippen molar-refractivity contribution >= 4 is 0 Å². The van der Waals surface area contributed by atoms with Crippen LogP contribution in [0, 0.1) is 51.8 Å². The van der Waals surface area contributed by atoms with E-state index in [-0.39, 0.29) is 0 Å². The molecule has 172 valence electrons. The summed E-state index contributed by atoms with van der Waals surface area (Å²) >= 11 is 0. The highest BCUT2D eigenvalue weighted by Crippen LogP contribution is 2.82. The van der Waals surface area contributed by atoms with Crippen LogP contribution in [-0.2, 0) is 4.74 Å². The first-order valence-corrected chi connectivity index (χ1v) is 13.3. The molecule has 30 heavy (non-hydrogen) atoms. The highest BCUT2D eigenvalue weighted by atomic mass is 16.5. The summed E-state index contributed by atoms with van der Waals surface area (Å²) in [6.45, 7) is 11.8. The van der Waals surface area contributed by atoms with E-state index in [0.29, 0.717) is 22.3 Å². The molecule has 5 aliphatic carbocycles. The molecule has 5 fully saturated rings. The van der Waals surface area contributed by atoms with Crippen molar-refractivity contribution < 1.29 is 9.84 Å². The lowest BCUT2D eigenvalue weighted by Gasteiger charge is -2.61. The van der Waals surface area contributed by atoms with Gasteiger partial charge in [0.05, 0.1) is 11.7 Å². The van der Waals surface area contributed by atoms with E-state index >= 15 is 0 Å². The van der Waals surface area contributed by atoms with Crippen LogP contribution < -0.4 is 0 Å². The average molecular weight is 417 g/mol. The molecule has 0 bridgehead atoms. The van der Waals surface area contributed by atoms with Gasteiger partial charge in [0.15, 0.2) is 0 Å². The van der Waals surface area contributed by atoms with Crippen LogP contribution in [0.5, 0.6) is 0 Å². The molecular formula is C28H48O2. The van der Waals surface area contributed by atoms with Gasteiger partial charge >= 0.3 is 0 Å². The summed E-state index contributed by atoms with van der Waals surface area (Å²) in [6, 6.07) is 0. The molecule has 5 rings (SSSR count). The van der Waals surface area contributed by atoms with E-state index in [9.17, 15) is 5.11 Å². The standard InChI is InChI=1S/C28H48O2/c1-18(8-7-13-25(2,3)29)21-9-10-22-20-16-24(30-6)28-17-19(28)11-15-27(28,5)23(20)12-14-26(21,22)4/h18-24,29H,7-17H2,1-6H3. The smallest absolute Gasteiger partial charge is 0.0638 e. The molecule has 2 nitrogen and oxygen atoms in total. The molecule has 0 radical (unpaired) electrons. The quantitative estimate of drug-likeness (QED) is 0.513. The third-order valence-corrected chi connectivity index (χ3v) is 12.0. The molecule has 0 aliphatic heterocycles. The van der Waals surface area contributed by atoms with Gasteiger partial charge in [-0.3, -0.25) is 0 Å². The van der Waals surface area contributed by atoms with Crippen molar-refractivity contribution in [2.45, 2.75) is 117 Å². The van der Waals surface area contributed by atoms with Gasteiger partial charge in [-0.15, -0.1) is 0 Å². The van der Waals surface area contributed by atoms with Crippen LogP contribution in [0.25, 0.3) is 0 Å². The second-order valence-corrected chi connectivity index (χ2v) is 13.6. The molecule has 10 unspecified atom stereocenters. The number of fused-ring (bicyclic) bond motifs is 4. The molecule has 0 aromatic heterocycles. The van der Waals surface area contributed by atoms with Crippen LogP contribution in [0.2, 0.25) is 0 Å². The van der Waals surface area contributed by atoms with Crippen molar-refractivity contribution in [2.75, 3.05) is 7.11 Å². The fourth-order valence-corrected chi connectivity index (χ4v) is 10.6. The fraction of sp³-hybridized carbons (Fsp3) is 1.00. The number of methoxy groups -OCH3 is 1. The largest absolute Gasteiger partial charge is 0.390 e. The Labute approximate surface area is 185 Å². The number of rotatable bonds is 6. The Hall–Kier alpha value is -0.0800. The van der Waals surface area contributed by atoms with Gasteiger partial charge in [-0.25, -0.2) is 0 Å². The minimum atomic E-state index is -0.509. The lowest BCUT2D eigenvalue weighted by Crippen LogP contribution is -2.57. The van der Waals surface area contributed by atoms with E-state index in [1.165, 1.54) is 64.2 Å². The molecule has 10 atom stereocenters. The number of ether oxygens (including phenoxy) is 1. The maximum absolute atomic E-state index is 10.1. The van der Waals surface area contributed by atoms with Crippen LogP contribution in [0.15, 0.2) is 0 Å². The SMILES string of the molecule is COC1CC2C3CCC(C(C)CCCC(C)(C)O)C3(C)CCC2C2(C)CCC3CC312. The Kier molecular flexibility index (Phi) is 5.04. The van der Waals surface area contributed by atoms with E-state index in [1.54, 1.807) is 0 Å². The zero-order chi connectivity index (χ0) is 21.5. The van der Waals surface area contributed by atoms with E-state index < -0.39 is 5.60 Å². The first-order valence-electron chi connectivity index (χ1n) is 13.3. The van der Waals surface area contributed by atoms with Gasteiger partial charge < -0.3 is 9.84 Å². The number of aliphatic hydroxyl groups is 1.